The number of ether oxygens (including phenoxy) is 1. The van der Waals surface area contributed by atoms with E-state index in [0.29, 0.717) is 0 Å². The summed E-state index contributed by atoms with van der Waals surface area (Å²) >= 11 is 0. The topological polar surface area (TPSA) is 53.0 Å². The van der Waals surface area contributed by atoms with Gasteiger partial charge in [-0.05, 0) is 64.0 Å². The van der Waals surface area contributed by atoms with Crippen LogP contribution in [0, 0.1) is 10.8 Å². The second-order valence-corrected chi connectivity index (χ2v) is 9.21. The van der Waals surface area contributed by atoms with E-state index in [1.54, 1.807) is 0 Å². The highest BCUT2D eigenvalue weighted by molar-refractivity contribution is 5.68. The van der Waals surface area contributed by atoms with Crippen molar-refractivity contribution >= 4 is 6.09 Å². The molecule has 0 saturated carbocycles. The summed E-state index contributed by atoms with van der Waals surface area (Å²) in [5.74, 6) is 0. The monoisotopic (exact) mass is 326 g/mol. The van der Waals surface area contributed by atoms with Gasteiger partial charge in [0.15, 0.2) is 0 Å². The molecule has 0 aromatic heterocycles. The molecule has 1 N–H and O–H groups in total. The van der Waals surface area contributed by atoms with Crippen LogP contribution < -0.4 is 0 Å². The molecule has 2 aliphatic heterocycles. The SMILES string of the molecule is CC1(CO)CCN(C[C@]2(C)CCN(C(=O)OC(C)(C)C)C2)CC1. The Balaban J connectivity index is 1.84. The van der Waals surface area contributed by atoms with Gasteiger partial charge in [-0.15, -0.1) is 0 Å². The molecule has 2 fully saturated rings. The van der Waals surface area contributed by atoms with Gasteiger partial charge in [-0.3, -0.25) is 0 Å². The molecule has 5 heteroatoms. The molecule has 23 heavy (non-hydrogen) atoms. The van der Waals surface area contributed by atoms with Crippen LogP contribution >= 0.6 is 0 Å². The second-order valence-electron chi connectivity index (χ2n) is 9.21. The highest BCUT2D eigenvalue weighted by atomic mass is 16.6. The number of hydrogen-bond donors (Lipinski definition) is 1. The van der Waals surface area contributed by atoms with Gasteiger partial charge in [-0.25, -0.2) is 4.79 Å². The number of hydrogen-bond acceptors (Lipinski definition) is 4. The molecule has 0 spiro atoms. The molecule has 1 amide bonds. The second kappa shape index (κ2) is 6.60. The van der Waals surface area contributed by atoms with Crippen LogP contribution in [0.2, 0.25) is 0 Å². The Morgan fingerprint density at radius 3 is 2.17 bits per heavy atom. The van der Waals surface area contributed by atoms with E-state index in [-0.39, 0.29) is 23.5 Å². The van der Waals surface area contributed by atoms with Crippen LogP contribution in [-0.4, -0.2) is 65.9 Å². The normalized spacial score (nSPS) is 28.9. The third kappa shape index (κ3) is 5.08. The molecule has 2 saturated heterocycles. The molecular weight excluding hydrogens is 292 g/mol. The van der Waals surface area contributed by atoms with Gasteiger partial charge in [0.05, 0.1) is 0 Å². The van der Waals surface area contributed by atoms with E-state index in [1.165, 1.54) is 0 Å². The van der Waals surface area contributed by atoms with Crippen molar-refractivity contribution in [3.05, 3.63) is 0 Å². The third-order valence-corrected chi connectivity index (χ3v) is 5.26. The van der Waals surface area contributed by atoms with Crippen molar-refractivity contribution in [1.82, 2.24) is 9.80 Å². The Labute approximate surface area is 141 Å². The molecule has 0 aromatic carbocycles. The molecule has 0 bridgehead atoms. The molecule has 2 rings (SSSR count). The third-order valence-electron chi connectivity index (χ3n) is 5.26. The van der Waals surface area contributed by atoms with Gasteiger partial charge < -0.3 is 19.6 Å². The number of nitrogens with zero attached hydrogens (tertiary/aromatic N) is 2. The zero-order valence-electron chi connectivity index (χ0n) is 15.5. The fourth-order valence-electron chi connectivity index (χ4n) is 3.58. The number of rotatable bonds is 3. The minimum atomic E-state index is -0.433. The molecular formula is C18H34N2O3. The maximum absolute atomic E-state index is 12.2. The molecule has 1 atom stereocenters. The van der Waals surface area contributed by atoms with Crippen LogP contribution in [0.4, 0.5) is 4.79 Å². The van der Waals surface area contributed by atoms with Crippen molar-refractivity contribution in [3.8, 4) is 0 Å². The molecule has 134 valence electrons. The predicted octanol–water partition coefficient (Wildman–Crippen LogP) is 2.73. The van der Waals surface area contributed by atoms with Crippen LogP contribution in [0.15, 0.2) is 0 Å². The smallest absolute Gasteiger partial charge is 0.410 e. The van der Waals surface area contributed by atoms with Gasteiger partial charge in [-0.2, -0.15) is 0 Å². The summed E-state index contributed by atoms with van der Waals surface area (Å²) in [6, 6.07) is 0. The fourth-order valence-corrected chi connectivity index (χ4v) is 3.58. The summed E-state index contributed by atoms with van der Waals surface area (Å²) in [7, 11) is 0. The average molecular weight is 326 g/mol. The fraction of sp³-hybridized carbons (Fsp3) is 0.944. The lowest BCUT2D eigenvalue weighted by molar-refractivity contribution is 0.0234. The summed E-state index contributed by atoms with van der Waals surface area (Å²) < 4.78 is 5.49. The molecule has 2 aliphatic rings. The zero-order chi connectivity index (χ0) is 17.3. The van der Waals surface area contributed by atoms with Crippen LogP contribution in [0.1, 0.15) is 53.9 Å². The van der Waals surface area contributed by atoms with Crippen molar-refractivity contribution in [2.24, 2.45) is 10.8 Å². The summed E-state index contributed by atoms with van der Waals surface area (Å²) in [6.45, 7) is 15.1. The maximum Gasteiger partial charge on any atom is 0.410 e. The van der Waals surface area contributed by atoms with E-state index in [9.17, 15) is 9.90 Å². The summed E-state index contributed by atoms with van der Waals surface area (Å²) in [4.78, 5) is 16.6. The minimum absolute atomic E-state index is 0.0929. The van der Waals surface area contributed by atoms with Gasteiger partial charge >= 0.3 is 6.09 Å². The molecule has 5 nitrogen and oxygen atoms in total. The summed E-state index contributed by atoms with van der Waals surface area (Å²) in [6.07, 6.45) is 2.94. The number of likely N-dealkylation sites (tertiary alicyclic amines) is 2. The predicted molar refractivity (Wildman–Crippen MR) is 91.4 cm³/mol. The molecule has 2 heterocycles. The summed E-state index contributed by atoms with van der Waals surface area (Å²) in [5.41, 5.74) is -0.197. The number of aliphatic hydroxyl groups is 1. The average Bonchev–Trinajstić information content (AvgIpc) is 2.82. The van der Waals surface area contributed by atoms with Gasteiger partial charge in [0.25, 0.3) is 0 Å². The van der Waals surface area contributed by atoms with E-state index < -0.39 is 5.60 Å². The Bertz CT molecular complexity index is 424. The number of piperidine rings is 1. The van der Waals surface area contributed by atoms with Crippen molar-refractivity contribution in [2.45, 2.75) is 59.5 Å². The highest BCUT2D eigenvalue weighted by Gasteiger charge is 2.40. The van der Waals surface area contributed by atoms with Crippen molar-refractivity contribution in [1.29, 1.82) is 0 Å². The van der Waals surface area contributed by atoms with E-state index >= 15 is 0 Å². The summed E-state index contributed by atoms with van der Waals surface area (Å²) in [5, 5.41) is 9.48. The molecule has 0 aromatic rings. The van der Waals surface area contributed by atoms with Crippen molar-refractivity contribution < 1.29 is 14.6 Å². The van der Waals surface area contributed by atoms with Crippen LogP contribution in [0.25, 0.3) is 0 Å². The number of carbonyl (C=O) groups excluding carboxylic acids is 1. The lowest BCUT2D eigenvalue weighted by Crippen LogP contribution is -2.46. The standard InChI is InChI=1S/C18H34N2O3/c1-16(2,3)23-15(22)20-11-8-18(5,13-20)12-19-9-6-17(4,14-21)7-10-19/h21H,6-14H2,1-5H3/t18-/m0/s1. The van der Waals surface area contributed by atoms with Crippen LogP contribution in [-0.2, 0) is 4.74 Å². The Hall–Kier alpha value is -0.810. The zero-order valence-corrected chi connectivity index (χ0v) is 15.5. The van der Waals surface area contributed by atoms with Gasteiger partial charge in [0.2, 0.25) is 0 Å². The molecule has 0 unspecified atom stereocenters. The van der Waals surface area contributed by atoms with Crippen molar-refractivity contribution in [3.63, 3.8) is 0 Å². The Kier molecular flexibility index (Phi) is 5.31. The number of carbonyl (C=O) groups is 1. The first kappa shape index (κ1) is 18.5. The molecule has 0 aliphatic carbocycles. The van der Waals surface area contributed by atoms with Crippen LogP contribution in [0.3, 0.4) is 0 Å². The first-order chi connectivity index (χ1) is 10.5. The molecule has 0 radical (unpaired) electrons. The van der Waals surface area contributed by atoms with E-state index in [2.05, 4.69) is 18.7 Å². The van der Waals surface area contributed by atoms with E-state index in [4.69, 9.17) is 4.74 Å². The first-order valence-corrected chi connectivity index (χ1v) is 8.85. The largest absolute Gasteiger partial charge is 0.444 e. The number of amides is 1. The van der Waals surface area contributed by atoms with E-state index in [1.807, 2.05) is 25.7 Å². The first-order valence-electron chi connectivity index (χ1n) is 8.85. The van der Waals surface area contributed by atoms with Gasteiger partial charge in [-0.1, -0.05) is 13.8 Å². The van der Waals surface area contributed by atoms with Gasteiger partial charge in [0, 0.05) is 26.2 Å². The lowest BCUT2D eigenvalue weighted by Gasteiger charge is -2.41. The van der Waals surface area contributed by atoms with E-state index in [0.717, 1.165) is 52.0 Å². The maximum atomic E-state index is 12.2. The Morgan fingerprint density at radius 2 is 1.65 bits per heavy atom. The highest BCUT2D eigenvalue weighted by Crippen LogP contribution is 2.35. The quantitative estimate of drug-likeness (QED) is 0.866. The minimum Gasteiger partial charge on any atom is -0.444 e. The van der Waals surface area contributed by atoms with Gasteiger partial charge in [0.1, 0.15) is 5.60 Å². The van der Waals surface area contributed by atoms with Crippen LogP contribution in [0.5, 0.6) is 0 Å². The number of aliphatic hydroxyl groups excluding tert-OH is 1. The lowest BCUT2D eigenvalue weighted by atomic mass is 9.80. The Morgan fingerprint density at radius 1 is 1.09 bits per heavy atom. The van der Waals surface area contributed by atoms with Crippen molar-refractivity contribution in [2.75, 3.05) is 39.3 Å².